The van der Waals surface area contributed by atoms with Crippen LogP contribution in [0.2, 0.25) is 0 Å². The third-order valence-electron chi connectivity index (χ3n) is 5.55. The zero-order valence-electron chi connectivity index (χ0n) is 17.5. The second kappa shape index (κ2) is 8.24. The van der Waals surface area contributed by atoms with Crippen molar-refractivity contribution >= 4 is 33.7 Å². The van der Waals surface area contributed by atoms with Gasteiger partial charge in [-0.05, 0) is 37.1 Å². The molecule has 1 amide bonds. The Labute approximate surface area is 179 Å². The summed E-state index contributed by atoms with van der Waals surface area (Å²) in [6.07, 6.45) is -1.15. The van der Waals surface area contributed by atoms with Crippen molar-refractivity contribution in [2.45, 2.75) is 26.5 Å². The molecule has 6 heteroatoms. The Bertz CT molecular complexity index is 1290. The van der Waals surface area contributed by atoms with Crippen molar-refractivity contribution in [3.8, 4) is 0 Å². The van der Waals surface area contributed by atoms with Crippen LogP contribution < -0.4 is 5.73 Å². The molecule has 4 rings (SSSR count). The van der Waals surface area contributed by atoms with Crippen LogP contribution in [0, 0.1) is 6.92 Å². The van der Waals surface area contributed by atoms with E-state index in [0.717, 1.165) is 22.2 Å². The molecule has 0 saturated heterocycles. The summed E-state index contributed by atoms with van der Waals surface area (Å²) in [5.74, 6) is -1.63. The summed E-state index contributed by atoms with van der Waals surface area (Å²) in [6, 6.07) is 19.1. The maximum atomic E-state index is 12.3. The van der Waals surface area contributed by atoms with Crippen molar-refractivity contribution in [1.82, 2.24) is 4.57 Å². The van der Waals surface area contributed by atoms with E-state index in [9.17, 15) is 14.7 Å². The molecule has 3 N–H and O–H groups in total. The summed E-state index contributed by atoms with van der Waals surface area (Å²) in [5.41, 5.74) is 10.4. The van der Waals surface area contributed by atoms with Gasteiger partial charge in [-0.3, -0.25) is 4.79 Å². The Morgan fingerprint density at radius 1 is 1.03 bits per heavy atom. The number of rotatable bonds is 7. The highest BCUT2D eigenvalue weighted by molar-refractivity contribution is 6.20. The molecule has 0 saturated carbocycles. The summed E-state index contributed by atoms with van der Waals surface area (Å²) in [6.45, 7) is 4.55. The molecule has 0 bridgehead atoms. The molecular formula is C25H24N2O4. The molecule has 1 heterocycles. The Kier molecular flexibility index (Phi) is 5.48. The number of hydrogen-bond donors (Lipinski definition) is 2. The number of hydrogen-bond acceptors (Lipinski definition) is 3. The number of carboxylic acid groups (broad SMARTS) is 1. The molecule has 4 aromatic rings. The van der Waals surface area contributed by atoms with E-state index in [4.69, 9.17) is 10.5 Å². The van der Waals surface area contributed by atoms with E-state index >= 15 is 0 Å². The third kappa shape index (κ3) is 3.55. The lowest BCUT2D eigenvalue weighted by atomic mass is 9.97. The highest BCUT2D eigenvalue weighted by atomic mass is 16.5. The quantitative estimate of drug-likeness (QED) is 0.466. The predicted molar refractivity (Wildman–Crippen MR) is 120 cm³/mol. The van der Waals surface area contributed by atoms with Gasteiger partial charge in [0.15, 0.2) is 6.10 Å². The minimum atomic E-state index is -1.15. The summed E-state index contributed by atoms with van der Waals surface area (Å²) in [5, 5.41) is 11.2. The van der Waals surface area contributed by atoms with Gasteiger partial charge in [-0.15, -0.1) is 0 Å². The molecular weight excluding hydrogens is 392 g/mol. The van der Waals surface area contributed by atoms with Crippen molar-refractivity contribution in [2.24, 2.45) is 5.73 Å². The number of aliphatic carboxylic acids is 1. The van der Waals surface area contributed by atoms with E-state index < -0.39 is 18.0 Å². The minimum absolute atomic E-state index is 0.248. The van der Waals surface area contributed by atoms with Crippen molar-refractivity contribution in [1.29, 1.82) is 0 Å². The van der Waals surface area contributed by atoms with Crippen molar-refractivity contribution in [3.05, 3.63) is 82.9 Å². The largest absolute Gasteiger partial charge is 0.479 e. The SMILES string of the molecule is CCOC(C(=O)O)c1ccc(C)c2c1c1c(C(N)=O)cccc1n2Cc1ccccc1. The van der Waals surface area contributed by atoms with E-state index in [2.05, 4.69) is 4.57 Å². The van der Waals surface area contributed by atoms with Crippen LogP contribution in [-0.4, -0.2) is 28.2 Å². The normalized spacial score (nSPS) is 12.3. The van der Waals surface area contributed by atoms with Crippen LogP contribution in [0.25, 0.3) is 21.8 Å². The van der Waals surface area contributed by atoms with Gasteiger partial charge >= 0.3 is 5.97 Å². The fraction of sp³-hybridized carbons (Fsp3) is 0.200. The lowest BCUT2D eigenvalue weighted by Gasteiger charge is -2.16. The molecule has 158 valence electrons. The number of nitrogens with two attached hydrogens (primary N) is 1. The second-order valence-electron chi connectivity index (χ2n) is 7.50. The summed E-state index contributed by atoms with van der Waals surface area (Å²) in [4.78, 5) is 24.4. The van der Waals surface area contributed by atoms with Crippen LogP contribution >= 0.6 is 0 Å². The molecule has 0 aliphatic carbocycles. The first-order chi connectivity index (χ1) is 14.9. The molecule has 0 spiro atoms. The average molecular weight is 416 g/mol. The van der Waals surface area contributed by atoms with Gasteiger partial charge in [-0.25, -0.2) is 4.79 Å². The molecule has 0 fully saturated rings. The Morgan fingerprint density at radius 2 is 1.77 bits per heavy atom. The highest BCUT2D eigenvalue weighted by Crippen LogP contribution is 2.39. The van der Waals surface area contributed by atoms with Gasteiger partial charge in [-0.2, -0.15) is 0 Å². The molecule has 1 unspecified atom stereocenters. The van der Waals surface area contributed by atoms with E-state index in [1.165, 1.54) is 0 Å². The topological polar surface area (TPSA) is 94.6 Å². The summed E-state index contributed by atoms with van der Waals surface area (Å²) >= 11 is 0. The standard InChI is InChI=1S/C25H24N2O4/c1-3-31-23(25(29)30)17-13-12-15(2)22-21(17)20-18(24(26)28)10-7-11-19(20)27(22)14-16-8-5-4-6-9-16/h4-13,23H,3,14H2,1-2H3,(H2,26,28)(H,29,30). The first kappa shape index (κ1) is 20.6. The second-order valence-corrected chi connectivity index (χ2v) is 7.50. The third-order valence-corrected chi connectivity index (χ3v) is 5.55. The number of aromatic nitrogens is 1. The van der Waals surface area contributed by atoms with E-state index in [1.54, 1.807) is 25.1 Å². The van der Waals surface area contributed by atoms with Crippen LogP contribution in [0.1, 0.15) is 40.1 Å². The summed E-state index contributed by atoms with van der Waals surface area (Å²) < 4.78 is 7.71. The van der Waals surface area contributed by atoms with Gasteiger partial charge in [0.2, 0.25) is 5.91 Å². The molecule has 6 nitrogen and oxygen atoms in total. The van der Waals surface area contributed by atoms with Crippen LogP contribution in [0.4, 0.5) is 0 Å². The van der Waals surface area contributed by atoms with Crippen LogP contribution in [-0.2, 0) is 16.1 Å². The van der Waals surface area contributed by atoms with E-state index in [-0.39, 0.29) is 6.61 Å². The van der Waals surface area contributed by atoms with Crippen molar-refractivity contribution in [3.63, 3.8) is 0 Å². The number of carbonyl (C=O) groups is 2. The zero-order valence-corrected chi connectivity index (χ0v) is 17.5. The number of nitrogens with zero attached hydrogens (tertiary/aromatic N) is 1. The first-order valence-electron chi connectivity index (χ1n) is 10.2. The van der Waals surface area contributed by atoms with Gasteiger partial charge < -0.3 is 20.1 Å². The molecule has 0 aliphatic heterocycles. The number of primary amides is 1. The van der Waals surface area contributed by atoms with Gasteiger partial charge in [0, 0.05) is 35.1 Å². The lowest BCUT2D eigenvalue weighted by molar-refractivity contribution is -0.150. The number of fused-ring (bicyclic) bond motifs is 3. The number of benzene rings is 3. The monoisotopic (exact) mass is 416 g/mol. The molecule has 31 heavy (non-hydrogen) atoms. The van der Waals surface area contributed by atoms with E-state index in [0.29, 0.717) is 28.4 Å². The Balaban J connectivity index is 2.15. The summed E-state index contributed by atoms with van der Waals surface area (Å²) in [7, 11) is 0. The fourth-order valence-corrected chi connectivity index (χ4v) is 4.28. The predicted octanol–water partition coefficient (Wildman–Crippen LogP) is 4.41. The molecule has 3 aromatic carbocycles. The van der Waals surface area contributed by atoms with Gasteiger partial charge in [0.1, 0.15) is 0 Å². The Hall–Kier alpha value is -3.64. The number of ether oxygens (including phenoxy) is 1. The van der Waals surface area contributed by atoms with Crippen molar-refractivity contribution < 1.29 is 19.4 Å². The smallest absolute Gasteiger partial charge is 0.337 e. The number of amides is 1. The number of carboxylic acids is 1. The minimum Gasteiger partial charge on any atom is -0.479 e. The molecule has 1 atom stereocenters. The maximum Gasteiger partial charge on any atom is 0.337 e. The fourth-order valence-electron chi connectivity index (χ4n) is 4.28. The zero-order chi connectivity index (χ0) is 22.1. The van der Waals surface area contributed by atoms with Gasteiger partial charge in [-0.1, -0.05) is 48.5 Å². The van der Waals surface area contributed by atoms with Crippen LogP contribution in [0.5, 0.6) is 0 Å². The van der Waals surface area contributed by atoms with E-state index in [1.807, 2.05) is 49.4 Å². The van der Waals surface area contributed by atoms with Crippen LogP contribution in [0.15, 0.2) is 60.7 Å². The van der Waals surface area contributed by atoms with Gasteiger partial charge in [0.25, 0.3) is 0 Å². The van der Waals surface area contributed by atoms with Crippen molar-refractivity contribution in [2.75, 3.05) is 6.61 Å². The van der Waals surface area contributed by atoms with Crippen LogP contribution in [0.3, 0.4) is 0 Å². The number of aryl methyl sites for hydroxylation is 1. The first-order valence-corrected chi connectivity index (χ1v) is 10.2. The maximum absolute atomic E-state index is 12.3. The highest BCUT2D eigenvalue weighted by Gasteiger charge is 2.27. The molecule has 0 radical (unpaired) electrons. The lowest BCUT2D eigenvalue weighted by Crippen LogP contribution is -2.16. The molecule has 0 aliphatic rings. The average Bonchev–Trinajstić information content (AvgIpc) is 3.08. The van der Waals surface area contributed by atoms with Gasteiger partial charge in [0.05, 0.1) is 11.0 Å². The Morgan fingerprint density at radius 3 is 2.42 bits per heavy atom. The number of carbonyl (C=O) groups excluding carboxylic acids is 1. The molecule has 1 aromatic heterocycles.